The summed E-state index contributed by atoms with van der Waals surface area (Å²) in [5.74, 6) is -1.51. The first kappa shape index (κ1) is 23.0. The van der Waals surface area contributed by atoms with Gasteiger partial charge in [0.1, 0.15) is 0 Å². The van der Waals surface area contributed by atoms with Gasteiger partial charge in [0.2, 0.25) is 0 Å². The number of benzene rings is 2. The number of rotatable bonds is 11. The molecule has 0 saturated carbocycles. The number of hydrogen-bond acceptors (Lipinski definition) is 7. The molecule has 160 valence electrons. The number of carbonyl (C=O) groups excluding carboxylic acids is 2. The third-order valence-corrected chi connectivity index (χ3v) is 4.45. The SMILES string of the molecule is CCOC(=O)C(COCc1ccccc1)(Cc1ccc([N+](=O)[O-])cc1)C(=O)OCC. The quantitative estimate of drug-likeness (QED) is 0.239. The fourth-order valence-electron chi connectivity index (χ4n) is 2.94. The number of ether oxygens (including phenoxy) is 3. The molecule has 0 aromatic heterocycles. The highest BCUT2D eigenvalue weighted by Crippen LogP contribution is 2.29. The zero-order chi connectivity index (χ0) is 22.0. The molecule has 0 bridgehead atoms. The van der Waals surface area contributed by atoms with Gasteiger partial charge in [0, 0.05) is 18.6 Å². The molecule has 30 heavy (non-hydrogen) atoms. The van der Waals surface area contributed by atoms with Crippen LogP contribution in [0.5, 0.6) is 0 Å². The van der Waals surface area contributed by atoms with Gasteiger partial charge in [-0.1, -0.05) is 42.5 Å². The van der Waals surface area contributed by atoms with Crippen molar-refractivity contribution in [3.8, 4) is 0 Å². The molecular formula is C22H25NO7. The second-order valence-corrected chi connectivity index (χ2v) is 6.60. The lowest BCUT2D eigenvalue weighted by molar-refractivity contribution is -0.384. The van der Waals surface area contributed by atoms with Crippen LogP contribution in [0.4, 0.5) is 5.69 Å². The lowest BCUT2D eigenvalue weighted by Crippen LogP contribution is -2.47. The number of nitro benzene ring substituents is 1. The van der Waals surface area contributed by atoms with E-state index in [0.717, 1.165) is 5.56 Å². The van der Waals surface area contributed by atoms with Crippen LogP contribution in [-0.4, -0.2) is 36.7 Å². The van der Waals surface area contributed by atoms with Crippen LogP contribution < -0.4 is 0 Å². The summed E-state index contributed by atoms with van der Waals surface area (Å²) in [5.41, 5.74) is -0.381. The molecule has 0 atom stereocenters. The maximum absolute atomic E-state index is 12.9. The van der Waals surface area contributed by atoms with E-state index < -0.39 is 22.3 Å². The Morgan fingerprint density at radius 1 is 0.900 bits per heavy atom. The molecule has 0 aliphatic rings. The summed E-state index contributed by atoms with van der Waals surface area (Å²) in [5, 5.41) is 10.9. The van der Waals surface area contributed by atoms with Crippen LogP contribution >= 0.6 is 0 Å². The van der Waals surface area contributed by atoms with Crippen molar-refractivity contribution in [3.05, 3.63) is 75.8 Å². The zero-order valence-electron chi connectivity index (χ0n) is 17.0. The fourth-order valence-corrected chi connectivity index (χ4v) is 2.94. The summed E-state index contributed by atoms with van der Waals surface area (Å²) in [4.78, 5) is 36.2. The molecule has 0 aliphatic heterocycles. The number of carbonyl (C=O) groups is 2. The Hall–Kier alpha value is -3.26. The first-order valence-corrected chi connectivity index (χ1v) is 9.62. The topological polar surface area (TPSA) is 105 Å². The van der Waals surface area contributed by atoms with Gasteiger partial charge in [-0.05, 0) is 25.0 Å². The molecule has 0 radical (unpaired) electrons. The predicted molar refractivity (Wildman–Crippen MR) is 109 cm³/mol. The number of nitro groups is 1. The summed E-state index contributed by atoms with van der Waals surface area (Å²) in [7, 11) is 0. The van der Waals surface area contributed by atoms with E-state index in [1.54, 1.807) is 13.8 Å². The molecule has 0 fully saturated rings. The van der Waals surface area contributed by atoms with Gasteiger partial charge >= 0.3 is 11.9 Å². The van der Waals surface area contributed by atoms with Crippen LogP contribution in [0.2, 0.25) is 0 Å². The van der Waals surface area contributed by atoms with Gasteiger partial charge in [-0.2, -0.15) is 0 Å². The van der Waals surface area contributed by atoms with Crippen LogP contribution in [0.15, 0.2) is 54.6 Å². The van der Waals surface area contributed by atoms with E-state index in [1.807, 2.05) is 30.3 Å². The monoisotopic (exact) mass is 415 g/mol. The van der Waals surface area contributed by atoms with Crippen molar-refractivity contribution in [1.29, 1.82) is 0 Å². The molecule has 2 aromatic rings. The largest absolute Gasteiger partial charge is 0.465 e. The summed E-state index contributed by atoms with van der Waals surface area (Å²) >= 11 is 0. The molecule has 0 spiro atoms. The Kier molecular flexibility index (Phi) is 8.49. The van der Waals surface area contributed by atoms with Crippen molar-refractivity contribution >= 4 is 17.6 Å². The van der Waals surface area contributed by atoms with Crippen LogP contribution in [0.1, 0.15) is 25.0 Å². The lowest BCUT2D eigenvalue weighted by atomic mass is 9.82. The van der Waals surface area contributed by atoms with Crippen molar-refractivity contribution in [3.63, 3.8) is 0 Å². The number of non-ortho nitro benzene ring substituents is 1. The van der Waals surface area contributed by atoms with Crippen LogP contribution in [-0.2, 0) is 36.8 Å². The van der Waals surface area contributed by atoms with Gasteiger partial charge < -0.3 is 14.2 Å². The highest BCUT2D eigenvalue weighted by Gasteiger charge is 2.49. The third-order valence-electron chi connectivity index (χ3n) is 4.45. The average Bonchev–Trinajstić information content (AvgIpc) is 2.74. The van der Waals surface area contributed by atoms with E-state index in [1.165, 1.54) is 24.3 Å². The molecule has 2 aromatic carbocycles. The minimum atomic E-state index is -1.73. The van der Waals surface area contributed by atoms with Gasteiger partial charge in [-0.3, -0.25) is 19.7 Å². The smallest absolute Gasteiger partial charge is 0.326 e. The first-order valence-electron chi connectivity index (χ1n) is 9.62. The molecule has 0 heterocycles. The molecule has 2 rings (SSSR count). The average molecular weight is 415 g/mol. The molecule has 0 saturated heterocycles. The van der Waals surface area contributed by atoms with Gasteiger partial charge in [0.15, 0.2) is 5.41 Å². The predicted octanol–water partition coefficient (Wildman–Crippen LogP) is 3.47. The number of hydrogen-bond donors (Lipinski definition) is 0. The Morgan fingerprint density at radius 3 is 1.97 bits per heavy atom. The van der Waals surface area contributed by atoms with E-state index in [4.69, 9.17) is 14.2 Å². The van der Waals surface area contributed by atoms with Crippen molar-refractivity contribution in [2.75, 3.05) is 19.8 Å². The van der Waals surface area contributed by atoms with E-state index >= 15 is 0 Å². The fraction of sp³-hybridized carbons (Fsp3) is 0.364. The normalized spacial score (nSPS) is 11.0. The Morgan fingerprint density at radius 2 is 1.47 bits per heavy atom. The molecule has 0 N–H and O–H groups in total. The lowest BCUT2D eigenvalue weighted by Gasteiger charge is -2.29. The minimum absolute atomic E-state index is 0.0720. The molecule has 0 amide bonds. The van der Waals surface area contributed by atoms with Gasteiger partial charge in [-0.25, -0.2) is 0 Å². The summed E-state index contributed by atoms with van der Waals surface area (Å²) in [6, 6.07) is 15.0. The summed E-state index contributed by atoms with van der Waals surface area (Å²) < 4.78 is 16.1. The second kappa shape index (κ2) is 11.1. The van der Waals surface area contributed by atoms with E-state index in [-0.39, 0.29) is 38.5 Å². The molecular weight excluding hydrogens is 390 g/mol. The van der Waals surface area contributed by atoms with Gasteiger partial charge in [0.05, 0.1) is 31.4 Å². The van der Waals surface area contributed by atoms with Gasteiger partial charge in [0.25, 0.3) is 5.69 Å². The van der Waals surface area contributed by atoms with E-state index in [9.17, 15) is 19.7 Å². The summed E-state index contributed by atoms with van der Waals surface area (Å²) in [6.07, 6.45) is -0.0720. The number of esters is 2. The molecule has 0 unspecified atom stereocenters. The van der Waals surface area contributed by atoms with E-state index in [0.29, 0.717) is 5.56 Å². The van der Waals surface area contributed by atoms with Crippen molar-refractivity contribution < 1.29 is 28.7 Å². The third kappa shape index (κ3) is 5.87. The van der Waals surface area contributed by atoms with Crippen molar-refractivity contribution in [1.82, 2.24) is 0 Å². The highest BCUT2D eigenvalue weighted by atomic mass is 16.6. The summed E-state index contributed by atoms with van der Waals surface area (Å²) in [6.45, 7) is 3.39. The minimum Gasteiger partial charge on any atom is -0.465 e. The van der Waals surface area contributed by atoms with Gasteiger partial charge in [-0.15, -0.1) is 0 Å². The first-order chi connectivity index (χ1) is 14.4. The Labute approximate surface area is 174 Å². The van der Waals surface area contributed by atoms with Crippen LogP contribution in [0, 0.1) is 15.5 Å². The Bertz CT molecular complexity index is 832. The zero-order valence-corrected chi connectivity index (χ0v) is 17.0. The number of nitrogens with zero attached hydrogens (tertiary/aromatic N) is 1. The molecule has 8 heteroatoms. The molecule has 0 aliphatic carbocycles. The maximum atomic E-state index is 12.9. The molecule has 8 nitrogen and oxygen atoms in total. The second-order valence-electron chi connectivity index (χ2n) is 6.60. The maximum Gasteiger partial charge on any atom is 0.326 e. The van der Waals surface area contributed by atoms with Crippen LogP contribution in [0.25, 0.3) is 0 Å². The van der Waals surface area contributed by atoms with E-state index in [2.05, 4.69) is 0 Å². The highest BCUT2D eigenvalue weighted by molar-refractivity contribution is 6.00. The van der Waals surface area contributed by atoms with Crippen molar-refractivity contribution in [2.24, 2.45) is 5.41 Å². The standard InChI is InChI=1S/C22H25NO7/c1-3-29-20(24)22(21(25)30-4-2,16-28-15-18-8-6-5-7-9-18)14-17-10-12-19(13-11-17)23(26)27/h5-13H,3-4,14-16H2,1-2H3. The van der Waals surface area contributed by atoms with Crippen molar-refractivity contribution in [2.45, 2.75) is 26.9 Å². The Balaban J connectivity index is 2.32. The van der Waals surface area contributed by atoms with Crippen LogP contribution in [0.3, 0.4) is 0 Å².